The molecular weight excluding hydrogens is 335 g/mol. The minimum absolute atomic E-state index is 0. The Morgan fingerprint density at radius 2 is 1.40 bits per heavy atom. The standard InChI is InChI=1S/C19H30O5.Al/c1-3-5-7-20-8-9-21-10-11-22-14-17-13-19-18(23-15-24-19)12-16(17)6-4-2;/h12-13H,3-11,14-15H2,1-2H3;. The molecule has 0 atom stereocenters. The van der Waals surface area contributed by atoms with Crippen LogP contribution >= 0.6 is 0 Å². The fraction of sp³-hybridized carbons (Fsp3) is 0.684. The van der Waals surface area contributed by atoms with Gasteiger partial charge in [-0.15, -0.1) is 0 Å². The van der Waals surface area contributed by atoms with Crippen molar-refractivity contribution >= 4 is 17.4 Å². The van der Waals surface area contributed by atoms with E-state index in [-0.39, 0.29) is 17.4 Å². The summed E-state index contributed by atoms with van der Waals surface area (Å²) in [5.74, 6) is 1.66. The number of hydrogen-bond acceptors (Lipinski definition) is 5. The molecule has 1 aliphatic heterocycles. The maximum absolute atomic E-state index is 5.75. The third kappa shape index (κ3) is 7.98. The Morgan fingerprint density at radius 3 is 2.04 bits per heavy atom. The van der Waals surface area contributed by atoms with Gasteiger partial charge in [-0.25, -0.2) is 0 Å². The number of rotatable bonds is 13. The summed E-state index contributed by atoms with van der Waals surface area (Å²) < 4.78 is 27.6. The van der Waals surface area contributed by atoms with E-state index in [1.54, 1.807) is 0 Å². The molecule has 1 aliphatic rings. The second-order valence-corrected chi connectivity index (χ2v) is 5.86. The largest absolute Gasteiger partial charge is 0.454 e. The average molecular weight is 365 g/mol. The summed E-state index contributed by atoms with van der Waals surface area (Å²) in [6.45, 7) is 8.47. The Hall–Kier alpha value is -0.768. The van der Waals surface area contributed by atoms with Gasteiger partial charge in [-0.1, -0.05) is 26.7 Å². The van der Waals surface area contributed by atoms with Crippen LogP contribution in [0.1, 0.15) is 44.2 Å². The molecule has 0 fully saturated rings. The van der Waals surface area contributed by atoms with Crippen molar-refractivity contribution in [1.82, 2.24) is 0 Å². The summed E-state index contributed by atoms with van der Waals surface area (Å²) in [5.41, 5.74) is 2.44. The molecule has 1 aromatic carbocycles. The molecule has 2 rings (SSSR count). The normalized spacial score (nSPS) is 12.2. The molecule has 1 aromatic rings. The number of hydrogen-bond donors (Lipinski definition) is 0. The topological polar surface area (TPSA) is 46.2 Å². The smallest absolute Gasteiger partial charge is 0.231 e. The lowest BCUT2D eigenvalue weighted by molar-refractivity contribution is 0.0101. The summed E-state index contributed by atoms with van der Waals surface area (Å²) in [5, 5.41) is 0. The lowest BCUT2D eigenvalue weighted by Gasteiger charge is -2.11. The summed E-state index contributed by atoms with van der Waals surface area (Å²) in [7, 11) is 0. The molecule has 5 nitrogen and oxygen atoms in total. The Morgan fingerprint density at radius 1 is 0.800 bits per heavy atom. The zero-order chi connectivity index (χ0) is 17.0. The number of benzene rings is 1. The van der Waals surface area contributed by atoms with Crippen LogP contribution in [-0.2, 0) is 27.2 Å². The van der Waals surface area contributed by atoms with E-state index in [2.05, 4.69) is 19.9 Å². The van der Waals surface area contributed by atoms with Crippen LogP contribution in [0, 0.1) is 0 Å². The molecule has 0 saturated heterocycles. The average Bonchev–Trinajstić information content (AvgIpc) is 3.04. The summed E-state index contributed by atoms with van der Waals surface area (Å²) in [6, 6.07) is 4.12. The van der Waals surface area contributed by atoms with Crippen LogP contribution in [-0.4, -0.2) is 57.2 Å². The Balaban J connectivity index is 0.00000312. The maximum atomic E-state index is 5.75. The van der Waals surface area contributed by atoms with E-state index in [0.717, 1.165) is 43.8 Å². The molecule has 0 N–H and O–H groups in total. The Labute approximate surface area is 162 Å². The molecule has 0 bridgehead atoms. The van der Waals surface area contributed by atoms with Gasteiger partial charge in [-0.3, -0.25) is 0 Å². The fourth-order valence-electron chi connectivity index (χ4n) is 2.53. The predicted molar refractivity (Wildman–Crippen MR) is 98.5 cm³/mol. The van der Waals surface area contributed by atoms with Crippen LogP contribution in [0.5, 0.6) is 11.5 Å². The highest BCUT2D eigenvalue weighted by Gasteiger charge is 2.16. The van der Waals surface area contributed by atoms with Crippen LogP contribution in [0.4, 0.5) is 0 Å². The molecule has 139 valence electrons. The summed E-state index contributed by atoms with van der Waals surface area (Å²) >= 11 is 0. The molecule has 0 unspecified atom stereocenters. The lowest BCUT2D eigenvalue weighted by atomic mass is 10.0. The van der Waals surface area contributed by atoms with Gasteiger partial charge in [0.05, 0.1) is 33.0 Å². The van der Waals surface area contributed by atoms with Crippen molar-refractivity contribution in [2.24, 2.45) is 0 Å². The number of unbranched alkanes of at least 4 members (excludes halogenated alkanes) is 1. The third-order valence-corrected chi connectivity index (χ3v) is 3.86. The lowest BCUT2D eigenvalue weighted by Crippen LogP contribution is -2.10. The zero-order valence-corrected chi connectivity index (χ0v) is 16.7. The Bertz CT molecular complexity index is 481. The third-order valence-electron chi connectivity index (χ3n) is 3.86. The maximum Gasteiger partial charge on any atom is 0.231 e. The molecule has 0 aromatic heterocycles. The second kappa shape index (κ2) is 13.4. The van der Waals surface area contributed by atoms with E-state index in [1.807, 2.05) is 6.07 Å². The second-order valence-electron chi connectivity index (χ2n) is 5.86. The van der Waals surface area contributed by atoms with Crippen LogP contribution in [0.2, 0.25) is 0 Å². The van der Waals surface area contributed by atoms with E-state index in [4.69, 9.17) is 23.7 Å². The van der Waals surface area contributed by atoms with Gasteiger partial charge < -0.3 is 23.7 Å². The van der Waals surface area contributed by atoms with Crippen molar-refractivity contribution in [3.05, 3.63) is 23.3 Å². The number of aryl methyl sites for hydroxylation is 1. The van der Waals surface area contributed by atoms with Gasteiger partial charge in [0.25, 0.3) is 0 Å². The molecule has 0 saturated carbocycles. The van der Waals surface area contributed by atoms with Crippen molar-refractivity contribution in [3.63, 3.8) is 0 Å². The highest BCUT2D eigenvalue weighted by molar-refractivity contribution is 5.75. The Kier molecular flexibility index (Phi) is 12.0. The highest BCUT2D eigenvalue weighted by Crippen LogP contribution is 2.35. The molecule has 1 heterocycles. The van der Waals surface area contributed by atoms with Crippen LogP contribution in [0.15, 0.2) is 12.1 Å². The minimum Gasteiger partial charge on any atom is -0.454 e. The first-order valence-corrected chi connectivity index (χ1v) is 8.99. The van der Waals surface area contributed by atoms with Gasteiger partial charge in [0, 0.05) is 24.0 Å². The van der Waals surface area contributed by atoms with Crippen molar-refractivity contribution in [1.29, 1.82) is 0 Å². The van der Waals surface area contributed by atoms with Gasteiger partial charge in [-0.2, -0.15) is 0 Å². The first-order chi connectivity index (χ1) is 11.8. The van der Waals surface area contributed by atoms with E-state index in [0.29, 0.717) is 39.8 Å². The number of fused-ring (bicyclic) bond motifs is 1. The first kappa shape index (κ1) is 22.3. The van der Waals surface area contributed by atoms with Crippen LogP contribution in [0.25, 0.3) is 0 Å². The predicted octanol–water partition coefficient (Wildman–Crippen LogP) is 3.34. The molecule has 25 heavy (non-hydrogen) atoms. The van der Waals surface area contributed by atoms with Gasteiger partial charge in [0.15, 0.2) is 11.5 Å². The fourth-order valence-corrected chi connectivity index (χ4v) is 2.53. The molecule has 0 spiro atoms. The highest BCUT2D eigenvalue weighted by atomic mass is 27.0. The molecule has 6 heteroatoms. The van der Waals surface area contributed by atoms with Gasteiger partial charge in [0.1, 0.15) is 0 Å². The van der Waals surface area contributed by atoms with Crippen molar-refractivity contribution in [3.8, 4) is 11.5 Å². The van der Waals surface area contributed by atoms with Gasteiger partial charge in [0.2, 0.25) is 6.79 Å². The minimum atomic E-state index is 0. The van der Waals surface area contributed by atoms with E-state index >= 15 is 0 Å². The first-order valence-electron chi connectivity index (χ1n) is 8.99. The van der Waals surface area contributed by atoms with Gasteiger partial charge in [-0.05, 0) is 36.1 Å². The number of ether oxygens (including phenoxy) is 5. The van der Waals surface area contributed by atoms with E-state index in [1.165, 1.54) is 11.1 Å². The summed E-state index contributed by atoms with van der Waals surface area (Å²) in [6.07, 6.45) is 4.38. The van der Waals surface area contributed by atoms with Crippen molar-refractivity contribution in [2.75, 3.05) is 39.8 Å². The SMILES string of the molecule is CCCCOCCOCCOCc1cc2c(cc1CCC)OCO2.[Al]. The van der Waals surface area contributed by atoms with Crippen LogP contribution in [0.3, 0.4) is 0 Å². The monoisotopic (exact) mass is 365 g/mol. The van der Waals surface area contributed by atoms with Gasteiger partial charge >= 0.3 is 0 Å². The van der Waals surface area contributed by atoms with Crippen LogP contribution < -0.4 is 9.47 Å². The molecule has 0 amide bonds. The van der Waals surface area contributed by atoms with E-state index in [9.17, 15) is 0 Å². The van der Waals surface area contributed by atoms with Crippen molar-refractivity contribution < 1.29 is 23.7 Å². The van der Waals surface area contributed by atoms with Crippen molar-refractivity contribution in [2.45, 2.75) is 46.1 Å². The molecular formula is C19H30AlO5. The molecule has 0 aliphatic carbocycles. The van der Waals surface area contributed by atoms with E-state index < -0.39 is 0 Å². The molecule has 3 radical (unpaired) electrons. The summed E-state index contributed by atoms with van der Waals surface area (Å²) in [4.78, 5) is 0. The quantitative estimate of drug-likeness (QED) is 0.396. The zero-order valence-electron chi connectivity index (χ0n) is 15.6.